The summed E-state index contributed by atoms with van der Waals surface area (Å²) in [5.41, 5.74) is 5.11. The maximum atomic E-state index is 5.79. The number of aryl methyl sites for hydroxylation is 1. The monoisotopic (exact) mass is 269 g/mol. The van der Waals surface area contributed by atoms with E-state index in [2.05, 4.69) is 74.4 Å². The molecular formula is C18H23NO. The Kier molecular flexibility index (Phi) is 5.33. The third kappa shape index (κ3) is 3.92. The van der Waals surface area contributed by atoms with Gasteiger partial charge in [-0.25, -0.2) is 0 Å². The zero-order valence-corrected chi connectivity index (χ0v) is 12.6. The highest BCUT2D eigenvalue weighted by molar-refractivity contribution is 5.70. The minimum Gasteiger partial charge on any atom is -0.375 e. The van der Waals surface area contributed by atoms with Crippen LogP contribution in [0.4, 0.5) is 0 Å². The number of hydrogen-bond donors (Lipinski definition) is 0. The molecule has 0 fully saturated rings. The Bertz CT molecular complexity index is 549. The second kappa shape index (κ2) is 7.22. The molecule has 0 saturated carbocycles. The Morgan fingerprint density at radius 1 is 0.900 bits per heavy atom. The van der Waals surface area contributed by atoms with Gasteiger partial charge in [-0.05, 0) is 43.3 Å². The van der Waals surface area contributed by atoms with E-state index in [0.717, 1.165) is 13.2 Å². The Labute approximate surface area is 122 Å². The first-order valence-electron chi connectivity index (χ1n) is 7.05. The van der Waals surface area contributed by atoms with E-state index >= 15 is 0 Å². The molecule has 0 aliphatic carbocycles. The lowest BCUT2D eigenvalue weighted by Crippen LogP contribution is -2.17. The molecule has 0 unspecified atom stereocenters. The van der Waals surface area contributed by atoms with Crippen LogP contribution in [0.3, 0.4) is 0 Å². The van der Waals surface area contributed by atoms with E-state index in [1.54, 1.807) is 0 Å². The number of rotatable bonds is 6. The summed E-state index contributed by atoms with van der Waals surface area (Å²) >= 11 is 0. The topological polar surface area (TPSA) is 12.5 Å². The van der Waals surface area contributed by atoms with Gasteiger partial charge in [0, 0.05) is 6.54 Å². The quantitative estimate of drug-likeness (QED) is 0.741. The van der Waals surface area contributed by atoms with Crippen LogP contribution < -0.4 is 0 Å². The van der Waals surface area contributed by atoms with Crippen molar-refractivity contribution in [3.05, 3.63) is 59.7 Å². The lowest BCUT2D eigenvalue weighted by molar-refractivity contribution is 0.105. The van der Waals surface area contributed by atoms with Crippen molar-refractivity contribution < 1.29 is 4.74 Å². The van der Waals surface area contributed by atoms with E-state index in [9.17, 15) is 0 Å². The van der Waals surface area contributed by atoms with E-state index < -0.39 is 0 Å². The van der Waals surface area contributed by atoms with Gasteiger partial charge in [0.15, 0.2) is 0 Å². The standard InChI is InChI=1S/C18H23NO/c1-15-8-4-6-10-17(15)18-11-7-5-9-16(18)14-20-13-12-19(2)3/h4-11H,12-14H2,1-3H3. The minimum absolute atomic E-state index is 0.665. The predicted octanol–water partition coefficient (Wildman–Crippen LogP) is 3.74. The van der Waals surface area contributed by atoms with Gasteiger partial charge in [0.1, 0.15) is 0 Å². The SMILES string of the molecule is Cc1ccccc1-c1ccccc1COCCN(C)C. The number of benzene rings is 2. The van der Waals surface area contributed by atoms with Crippen molar-refractivity contribution in [1.82, 2.24) is 4.90 Å². The van der Waals surface area contributed by atoms with Crippen molar-refractivity contribution in [3.8, 4) is 11.1 Å². The van der Waals surface area contributed by atoms with Crippen LogP contribution in [0.15, 0.2) is 48.5 Å². The third-order valence-electron chi connectivity index (χ3n) is 3.39. The van der Waals surface area contributed by atoms with E-state index in [1.165, 1.54) is 22.3 Å². The lowest BCUT2D eigenvalue weighted by Gasteiger charge is -2.13. The molecule has 0 N–H and O–H groups in total. The molecule has 0 aliphatic heterocycles. The molecule has 0 amide bonds. The molecular weight excluding hydrogens is 246 g/mol. The van der Waals surface area contributed by atoms with Gasteiger partial charge in [-0.2, -0.15) is 0 Å². The Morgan fingerprint density at radius 3 is 2.25 bits per heavy atom. The molecule has 2 aromatic carbocycles. The molecule has 0 spiro atoms. The smallest absolute Gasteiger partial charge is 0.0723 e. The molecule has 0 heterocycles. The Hall–Kier alpha value is -1.64. The van der Waals surface area contributed by atoms with Crippen LogP contribution in [0.25, 0.3) is 11.1 Å². The summed E-state index contributed by atoms with van der Waals surface area (Å²) in [5.74, 6) is 0. The highest BCUT2D eigenvalue weighted by atomic mass is 16.5. The van der Waals surface area contributed by atoms with Crippen molar-refractivity contribution in [3.63, 3.8) is 0 Å². The van der Waals surface area contributed by atoms with E-state index in [-0.39, 0.29) is 0 Å². The summed E-state index contributed by atoms with van der Waals surface area (Å²) in [6.07, 6.45) is 0. The molecule has 0 bridgehead atoms. The van der Waals surface area contributed by atoms with Crippen molar-refractivity contribution >= 4 is 0 Å². The number of hydrogen-bond acceptors (Lipinski definition) is 2. The summed E-state index contributed by atoms with van der Waals surface area (Å²) in [5, 5.41) is 0. The molecule has 2 nitrogen and oxygen atoms in total. The van der Waals surface area contributed by atoms with Crippen LogP contribution in [0.1, 0.15) is 11.1 Å². The van der Waals surface area contributed by atoms with Crippen LogP contribution in [0.2, 0.25) is 0 Å². The zero-order valence-electron chi connectivity index (χ0n) is 12.6. The highest BCUT2D eigenvalue weighted by Gasteiger charge is 2.06. The van der Waals surface area contributed by atoms with Gasteiger partial charge in [-0.3, -0.25) is 0 Å². The number of likely N-dealkylation sites (N-methyl/N-ethyl adjacent to an activating group) is 1. The van der Waals surface area contributed by atoms with E-state index in [4.69, 9.17) is 4.74 Å². The maximum Gasteiger partial charge on any atom is 0.0723 e. The van der Waals surface area contributed by atoms with Crippen molar-refractivity contribution in [2.75, 3.05) is 27.2 Å². The number of ether oxygens (including phenoxy) is 1. The molecule has 20 heavy (non-hydrogen) atoms. The van der Waals surface area contributed by atoms with Crippen LogP contribution in [0, 0.1) is 6.92 Å². The van der Waals surface area contributed by atoms with Crippen molar-refractivity contribution in [1.29, 1.82) is 0 Å². The molecule has 2 aromatic rings. The summed E-state index contributed by atoms with van der Waals surface area (Å²) in [6, 6.07) is 17.0. The summed E-state index contributed by atoms with van der Waals surface area (Å²) in [7, 11) is 4.12. The third-order valence-corrected chi connectivity index (χ3v) is 3.39. The molecule has 0 radical (unpaired) electrons. The molecule has 0 saturated heterocycles. The van der Waals surface area contributed by atoms with Crippen LogP contribution in [0.5, 0.6) is 0 Å². The van der Waals surface area contributed by atoms with Gasteiger partial charge in [0.05, 0.1) is 13.2 Å². The van der Waals surface area contributed by atoms with Gasteiger partial charge in [0.2, 0.25) is 0 Å². The molecule has 106 valence electrons. The second-order valence-electron chi connectivity index (χ2n) is 5.33. The Morgan fingerprint density at radius 2 is 1.55 bits per heavy atom. The lowest BCUT2D eigenvalue weighted by atomic mass is 9.96. The van der Waals surface area contributed by atoms with Crippen LogP contribution >= 0.6 is 0 Å². The first-order chi connectivity index (χ1) is 9.68. The van der Waals surface area contributed by atoms with Crippen LogP contribution in [-0.2, 0) is 11.3 Å². The Balaban J connectivity index is 2.13. The normalized spacial score (nSPS) is 11.0. The molecule has 0 atom stereocenters. The fraction of sp³-hybridized carbons (Fsp3) is 0.333. The average molecular weight is 269 g/mol. The van der Waals surface area contributed by atoms with E-state index in [0.29, 0.717) is 6.61 Å². The summed E-state index contributed by atoms with van der Waals surface area (Å²) in [4.78, 5) is 2.13. The van der Waals surface area contributed by atoms with Gasteiger partial charge in [-0.15, -0.1) is 0 Å². The molecule has 2 heteroatoms. The van der Waals surface area contributed by atoms with Gasteiger partial charge in [0.25, 0.3) is 0 Å². The summed E-state index contributed by atoms with van der Waals surface area (Å²) < 4.78 is 5.79. The fourth-order valence-electron chi connectivity index (χ4n) is 2.21. The zero-order chi connectivity index (χ0) is 14.4. The molecule has 0 aromatic heterocycles. The first-order valence-corrected chi connectivity index (χ1v) is 7.05. The van der Waals surface area contributed by atoms with Crippen molar-refractivity contribution in [2.24, 2.45) is 0 Å². The fourth-order valence-corrected chi connectivity index (χ4v) is 2.21. The molecule has 0 aliphatic rings. The largest absolute Gasteiger partial charge is 0.375 e. The van der Waals surface area contributed by atoms with E-state index in [1.807, 2.05) is 0 Å². The highest BCUT2D eigenvalue weighted by Crippen LogP contribution is 2.27. The minimum atomic E-state index is 0.665. The molecule has 2 rings (SSSR count). The van der Waals surface area contributed by atoms with Gasteiger partial charge >= 0.3 is 0 Å². The maximum absolute atomic E-state index is 5.79. The predicted molar refractivity (Wildman–Crippen MR) is 84.8 cm³/mol. The number of nitrogens with zero attached hydrogens (tertiary/aromatic N) is 1. The summed E-state index contributed by atoms with van der Waals surface area (Å²) in [6.45, 7) is 4.53. The van der Waals surface area contributed by atoms with Gasteiger partial charge < -0.3 is 9.64 Å². The van der Waals surface area contributed by atoms with Crippen LogP contribution in [-0.4, -0.2) is 32.1 Å². The van der Waals surface area contributed by atoms with Gasteiger partial charge in [-0.1, -0.05) is 48.5 Å². The second-order valence-corrected chi connectivity index (χ2v) is 5.33. The average Bonchev–Trinajstić information content (AvgIpc) is 2.44. The first kappa shape index (κ1) is 14.8. The van der Waals surface area contributed by atoms with Crippen molar-refractivity contribution in [2.45, 2.75) is 13.5 Å².